The average molecular weight is 325 g/mol. The normalized spacial score (nSPS) is 15.8. The zero-order valence-electron chi connectivity index (χ0n) is 13.8. The fraction of sp³-hybridized carbons (Fsp3) is 0.316. The molecule has 3 N–H and O–H groups in total. The second kappa shape index (κ2) is 7.36. The van der Waals surface area contributed by atoms with E-state index in [2.05, 4.69) is 17.6 Å². The molecule has 1 heterocycles. The van der Waals surface area contributed by atoms with Crippen LogP contribution in [0.15, 0.2) is 48.5 Å². The summed E-state index contributed by atoms with van der Waals surface area (Å²) >= 11 is 0. The van der Waals surface area contributed by atoms with Crippen LogP contribution in [0, 0.1) is 0 Å². The molecular formula is C19H23N3O2. The molecule has 3 rings (SSSR count). The van der Waals surface area contributed by atoms with Crippen LogP contribution < -0.4 is 15.5 Å². The number of aliphatic hydroxyl groups excluding tert-OH is 1. The third kappa shape index (κ3) is 3.68. The quantitative estimate of drug-likeness (QED) is 0.790. The van der Waals surface area contributed by atoms with Crippen molar-refractivity contribution < 1.29 is 9.90 Å². The molecule has 0 saturated carbocycles. The maximum absolute atomic E-state index is 12.0. The summed E-state index contributed by atoms with van der Waals surface area (Å²) in [5.41, 5.74) is 3.88. The van der Waals surface area contributed by atoms with Crippen molar-refractivity contribution in [1.29, 1.82) is 0 Å². The Bertz CT molecular complexity index is 717. The summed E-state index contributed by atoms with van der Waals surface area (Å²) < 4.78 is 0. The number of benzene rings is 2. The van der Waals surface area contributed by atoms with Crippen molar-refractivity contribution in [2.24, 2.45) is 0 Å². The Morgan fingerprint density at radius 1 is 1.25 bits per heavy atom. The summed E-state index contributed by atoms with van der Waals surface area (Å²) in [6.45, 7) is 3.60. The lowest BCUT2D eigenvalue weighted by Crippen LogP contribution is -2.46. The van der Waals surface area contributed by atoms with Crippen molar-refractivity contribution >= 4 is 17.4 Å². The van der Waals surface area contributed by atoms with Gasteiger partial charge >= 0.3 is 6.03 Å². The monoisotopic (exact) mass is 325 g/mol. The van der Waals surface area contributed by atoms with E-state index in [1.54, 1.807) is 4.90 Å². The lowest BCUT2D eigenvalue weighted by Gasteiger charge is -2.28. The van der Waals surface area contributed by atoms with Gasteiger partial charge in [0.05, 0.1) is 6.61 Å². The van der Waals surface area contributed by atoms with E-state index >= 15 is 0 Å². The van der Waals surface area contributed by atoms with Gasteiger partial charge in [0.15, 0.2) is 0 Å². The van der Waals surface area contributed by atoms with Gasteiger partial charge in [-0.3, -0.25) is 4.90 Å². The number of hydrogen-bond donors (Lipinski definition) is 3. The van der Waals surface area contributed by atoms with E-state index in [1.807, 2.05) is 48.5 Å². The van der Waals surface area contributed by atoms with E-state index in [1.165, 1.54) is 0 Å². The zero-order valence-corrected chi connectivity index (χ0v) is 13.8. The Kier molecular flexibility index (Phi) is 5.01. The summed E-state index contributed by atoms with van der Waals surface area (Å²) in [6, 6.07) is 15.9. The Hall–Kier alpha value is -2.53. The van der Waals surface area contributed by atoms with E-state index in [0.717, 1.165) is 42.0 Å². The van der Waals surface area contributed by atoms with E-state index in [4.69, 9.17) is 0 Å². The summed E-state index contributed by atoms with van der Waals surface area (Å²) in [6.07, 6.45) is 0.952. The van der Waals surface area contributed by atoms with Crippen molar-refractivity contribution in [1.82, 2.24) is 5.32 Å². The zero-order chi connectivity index (χ0) is 16.9. The fourth-order valence-corrected chi connectivity index (χ4v) is 2.93. The molecule has 1 atom stereocenters. The predicted molar refractivity (Wildman–Crippen MR) is 96.2 cm³/mol. The Labute approximate surface area is 142 Å². The maximum atomic E-state index is 12.0. The van der Waals surface area contributed by atoms with Gasteiger partial charge in [0, 0.05) is 30.5 Å². The van der Waals surface area contributed by atoms with Gasteiger partial charge in [0.2, 0.25) is 0 Å². The van der Waals surface area contributed by atoms with Crippen LogP contribution >= 0.6 is 0 Å². The minimum absolute atomic E-state index is 0.0397. The molecular weight excluding hydrogens is 302 g/mol. The first kappa shape index (κ1) is 16.3. The molecule has 5 nitrogen and oxygen atoms in total. The molecule has 2 aromatic rings. The van der Waals surface area contributed by atoms with Crippen LogP contribution in [0.5, 0.6) is 0 Å². The van der Waals surface area contributed by atoms with Crippen molar-refractivity contribution in [3.05, 3.63) is 59.7 Å². The highest BCUT2D eigenvalue weighted by molar-refractivity contribution is 5.93. The molecule has 0 bridgehead atoms. The number of hydrogen-bond acceptors (Lipinski definition) is 3. The maximum Gasteiger partial charge on any atom is 0.321 e. The second-order valence-corrected chi connectivity index (χ2v) is 6.06. The number of carbonyl (C=O) groups is 1. The highest BCUT2D eigenvalue weighted by Crippen LogP contribution is 2.25. The number of urea groups is 1. The molecule has 24 heavy (non-hydrogen) atoms. The summed E-state index contributed by atoms with van der Waals surface area (Å²) in [5, 5.41) is 15.6. The smallest absolute Gasteiger partial charge is 0.321 e. The highest BCUT2D eigenvalue weighted by Gasteiger charge is 2.19. The molecule has 0 aliphatic carbocycles. The second-order valence-electron chi connectivity index (χ2n) is 6.06. The van der Waals surface area contributed by atoms with Crippen LogP contribution in [0.4, 0.5) is 16.2 Å². The third-order valence-electron chi connectivity index (χ3n) is 4.25. The van der Waals surface area contributed by atoms with Gasteiger partial charge in [-0.1, -0.05) is 30.3 Å². The highest BCUT2D eigenvalue weighted by atomic mass is 16.3. The van der Waals surface area contributed by atoms with Gasteiger partial charge in [0.25, 0.3) is 0 Å². The number of rotatable bonds is 5. The molecule has 0 spiro atoms. The summed E-state index contributed by atoms with van der Waals surface area (Å²) in [7, 11) is 0. The topological polar surface area (TPSA) is 64.6 Å². The number of aliphatic hydroxyl groups is 1. The molecule has 0 aromatic heterocycles. The van der Waals surface area contributed by atoms with Crippen LogP contribution in [0.25, 0.3) is 0 Å². The van der Waals surface area contributed by atoms with Crippen LogP contribution in [0.2, 0.25) is 0 Å². The SMILES string of the molecule is CC(Nc1cccc(N2CCCNC2=O)c1)c1cccc(CO)c1. The molecule has 1 unspecified atom stereocenters. The van der Waals surface area contributed by atoms with Crippen molar-refractivity contribution in [3.8, 4) is 0 Å². The number of anilines is 2. The van der Waals surface area contributed by atoms with Crippen molar-refractivity contribution in [3.63, 3.8) is 0 Å². The Balaban J connectivity index is 1.75. The number of amides is 2. The van der Waals surface area contributed by atoms with Gasteiger partial charge < -0.3 is 15.7 Å². The lowest BCUT2D eigenvalue weighted by molar-refractivity contribution is 0.243. The van der Waals surface area contributed by atoms with E-state index in [9.17, 15) is 9.90 Å². The third-order valence-corrected chi connectivity index (χ3v) is 4.25. The first-order valence-electron chi connectivity index (χ1n) is 8.29. The fourth-order valence-electron chi connectivity index (χ4n) is 2.93. The molecule has 0 radical (unpaired) electrons. The first-order chi connectivity index (χ1) is 11.7. The van der Waals surface area contributed by atoms with E-state index in [0.29, 0.717) is 0 Å². The molecule has 2 aromatic carbocycles. The van der Waals surface area contributed by atoms with E-state index < -0.39 is 0 Å². The van der Waals surface area contributed by atoms with Gasteiger partial charge in [-0.15, -0.1) is 0 Å². The van der Waals surface area contributed by atoms with Crippen LogP contribution in [-0.2, 0) is 6.61 Å². The number of nitrogens with one attached hydrogen (secondary N) is 2. The van der Waals surface area contributed by atoms with E-state index in [-0.39, 0.29) is 18.7 Å². The minimum Gasteiger partial charge on any atom is -0.392 e. The number of carbonyl (C=O) groups excluding carboxylic acids is 1. The largest absolute Gasteiger partial charge is 0.392 e. The summed E-state index contributed by atoms with van der Waals surface area (Å²) in [5.74, 6) is 0. The molecule has 126 valence electrons. The minimum atomic E-state index is -0.0397. The van der Waals surface area contributed by atoms with Crippen molar-refractivity contribution in [2.75, 3.05) is 23.3 Å². The van der Waals surface area contributed by atoms with Gasteiger partial charge in [0.1, 0.15) is 0 Å². The Morgan fingerprint density at radius 3 is 2.88 bits per heavy atom. The van der Waals surface area contributed by atoms with Crippen LogP contribution in [0.3, 0.4) is 0 Å². The van der Waals surface area contributed by atoms with Gasteiger partial charge in [-0.25, -0.2) is 4.79 Å². The predicted octanol–water partition coefficient (Wildman–Crippen LogP) is 3.27. The van der Waals surface area contributed by atoms with Crippen LogP contribution in [-0.4, -0.2) is 24.2 Å². The summed E-state index contributed by atoms with van der Waals surface area (Å²) in [4.78, 5) is 13.8. The molecule has 1 fully saturated rings. The molecule has 1 aliphatic heterocycles. The van der Waals surface area contributed by atoms with Crippen LogP contribution in [0.1, 0.15) is 30.5 Å². The molecule has 1 aliphatic rings. The van der Waals surface area contributed by atoms with Gasteiger partial charge in [-0.2, -0.15) is 0 Å². The lowest BCUT2D eigenvalue weighted by atomic mass is 10.1. The first-order valence-corrected chi connectivity index (χ1v) is 8.29. The standard InChI is InChI=1S/C19H23N3O2/c1-14(16-6-2-5-15(11-16)13-23)21-17-7-3-8-18(12-17)22-10-4-9-20-19(22)24/h2-3,5-8,11-12,14,21,23H,4,9-10,13H2,1H3,(H,20,24). The molecule has 2 amide bonds. The van der Waals surface area contributed by atoms with Crippen molar-refractivity contribution in [2.45, 2.75) is 26.0 Å². The van der Waals surface area contributed by atoms with Gasteiger partial charge in [-0.05, 0) is 42.7 Å². The molecule has 5 heteroatoms. The average Bonchev–Trinajstić information content (AvgIpc) is 2.62. The Morgan fingerprint density at radius 2 is 2.08 bits per heavy atom. The molecule has 1 saturated heterocycles. The number of nitrogens with zero attached hydrogens (tertiary/aromatic N) is 1.